The van der Waals surface area contributed by atoms with Gasteiger partial charge in [0.1, 0.15) is 0 Å². The summed E-state index contributed by atoms with van der Waals surface area (Å²) < 4.78 is 0.953. The molecule has 0 aliphatic carbocycles. The Hall–Kier alpha value is -1.13. The molecule has 0 bridgehead atoms. The third-order valence-electron chi connectivity index (χ3n) is 1.95. The predicted molar refractivity (Wildman–Crippen MR) is 67.9 cm³/mol. The van der Waals surface area contributed by atoms with E-state index in [2.05, 4.69) is 21.2 Å². The van der Waals surface area contributed by atoms with Crippen LogP contribution in [0.1, 0.15) is 12.0 Å². The largest absolute Gasteiger partial charge is 0.396 e. The zero-order valence-electron chi connectivity index (χ0n) is 8.82. The summed E-state index contributed by atoms with van der Waals surface area (Å²) in [5.41, 5.74) is 0.958. The average molecular weight is 284 g/mol. The standard InChI is InChI=1S/C12H14BrNO2/c13-11-5-2-1-4-10(11)6-7-12(16)14-8-3-9-15/h1-2,4-7,15H,3,8-9H2,(H,14,16)/b7-6+. The smallest absolute Gasteiger partial charge is 0.244 e. The Morgan fingerprint density at radius 3 is 2.88 bits per heavy atom. The van der Waals surface area contributed by atoms with Crippen molar-refractivity contribution in [2.75, 3.05) is 13.2 Å². The Bertz CT molecular complexity index is 377. The zero-order chi connectivity index (χ0) is 11.8. The van der Waals surface area contributed by atoms with Crippen LogP contribution in [0.3, 0.4) is 0 Å². The molecule has 1 amide bonds. The van der Waals surface area contributed by atoms with Crippen molar-refractivity contribution in [1.29, 1.82) is 0 Å². The molecule has 16 heavy (non-hydrogen) atoms. The molecule has 2 N–H and O–H groups in total. The number of carbonyl (C=O) groups is 1. The number of aliphatic hydroxyl groups excluding tert-OH is 1. The summed E-state index contributed by atoms with van der Waals surface area (Å²) in [5.74, 6) is -0.149. The highest BCUT2D eigenvalue weighted by atomic mass is 79.9. The van der Waals surface area contributed by atoms with Crippen LogP contribution in [0, 0.1) is 0 Å². The van der Waals surface area contributed by atoms with E-state index in [9.17, 15) is 4.79 Å². The molecule has 0 unspecified atom stereocenters. The Morgan fingerprint density at radius 1 is 1.44 bits per heavy atom. The summed E-state index contributed by atoms with van der Waals surface area (Å²) in [6, 6.07) is 7.67. The molecule has 1 aromatic carbocycles. The molecular weight excluding hydrogens is 270 g/mol. The fraction of sp³-hybridized carbons (Fsp3) is 0.250. The van der Waals surface area contributed by atoms with Crippen molar-refractivity contribution in [3.63, 3.8) is 0 Å². The molecule has 0 saturated heterocycles. The highest BCUT2D eigenvalue weighted by molar-refractivity contribution is 9.10. The van der Waals surface area contributed by atoms with Crippen LogP contribution in [-0.4, -0.2) is 24.2 Å². The van der Waals surface area contributed by atoms with Crippen molar-refractivity contribution >= 4 is 27.9 Å². The number of halogens is 1. The van der Waals surface area contributed by atoms with Crippen molar-refractivity contribution in [2.45, 2.75) is 6.42 Å². The maximum atomic E-state index is 11.3. The van der Waals surface area contributed by atoms with Gasteiger partial charge in [-0.2, -0.15) is 0 Å². The van der Waals surface area contributed by atoms with Gasteiger partial charge in [0, 0.05) is 23.7 Å². The van der Waals surface area contributed by atoms with E-state index in [-0.39, 0.29) is 12.5 Å². The van der Waals surface area contributed by atoms with Crippen molar-refractivity contribution in [2.24, 2.45) is 0 Å². The highest BCUT2D eigenvalue weighted by Crippen LogP contribution is 2.16. The minimum atomic E-state index is -0.149. The van der Waals surface area contributed by atoms with Gasteiger partial charge in [-0.3, -0.25) is 4.79 Å². The average Bonchev–Trinajstić information content (AvgIpc) is 2.28. The first kappa shape index (κ1) is 12.9. The maximum absolute atomic E-state index is 11.3. The van der Waals surface area contributed by atoms with Crippen LogP contribution in [-0.2, 0) is 4.79 Å². The third kappa shape index (κ3) is 4.59. The quantitative estimate of drug-likeness (QED) is 0.641. The highest BCUT2D eigenvalue weighted by Gasteiger charge is 1.96. The molecule has 4 heteroatoms. The van der Waals surface area contributed by atoms with Gasteiger partial charge < -0.3 is 10.4 Å². The van der Waals surface area contributed by atoms with Gasteiger partial charge in [0.05, 0.1) is 0 Å². The zero-order valence-corrected chi connectivity index (χ0v) is 10.4. The summed E-state index contributed by atoms with van der Waals surface area (Å²) in [6.45, 7) is 0.587. The number of benzene rings is 1. The first-order valence-corrected chi connectivity index (χ1v) is 5.84. The van der Waals surface area contributed by atoms with E-state index < -0.39 is 0 Å². The number of rotatable bonds is 5. The van der Waals surface area contributed by atoms with Crippen LogP contribution in [0.15, 0.2) is 34.8 Å². The number of aliphatic hydroxyl groups is 1. The molecule has 0 saturated carbocycles. The monoisotopic (exact) mass is 283 g/mol. The van der Waals surface area contributed by atoms with E-state index in [0.717, 1.165) is 10.0 Å². The van der Waals surface area contributed by atoms with Gasteiger partial charge in [0.2, 0.25) is 5.91 Å². The van der Waals surface area contributed by atoms with Crippen LogP contribution in [0.4, 0.5) is 0 Å². The lowest BCUT2D eigenvalue weighted by molar-refractivity contribution is -0.116. The molecule has 0 fully saturated rings. The summed E-state index contributed by atoms with van der Waals surface area (Å²) in [5, 5.41) is 11.2. The topological polar surface area (TPSA) is 49.3 Å². The van der Waals surface area contributed by atoms with Crippen LogP contribution in [0.25, 0.3) is 6.08 Å². The van der Waals surface area contributed by atoms with Gasteiger partial charge in [0.25, 0.3) is 0 Å². The predicted octanol–water partition coefficient (Wildman–Crippen LogP) is 1.96. The summed E-state index contributed by atoms with van der Waals surface area (Å²) in [6.07, 6.45) is 3.81. The van der Waals surface area contributed by atoms with Crippen molar-refractivity contribution in [1.82, 2.24) is 5.32 Å². The molecular formula is C12H14BrNO2. The first-order chi connectivity index (χ1) is 7.74. The molecule has 0 aromatic heterocycles. The Kier molecular flexibility index (Phi) is 5.82. The Balaban J connectivity index is 2.47. The number of amides is 1. The molecule has 0 atom stereocenters. The Labute approximate surface area is 103 Å². The van der Waals surface area contributed by atoms with Crippen molar-refractivity contribution < 1.29 is 9.90 Å². The van der Waals surface area contributed by atoms with E-state index >= 15 is 0 Å². The van der Waals surface area contributed by atoms with Gasteiger partial charge in [-0.25, -0.2) is 0 Å². The van der Waals surface area contributed by atoms with Crippen molar-refractivity contribution in [3.05, 3.63) is 40.4 Å². The van der Waals surface area contributed by atoms with Crippen LogP contribution >= 0.6 is 15.9 Å². The van der Waals surface area contributed by atoms with Crippen LogP contribution < -0.4 is 5.32 Å². The maximum Gasteiger partial charge on any atom is 0.244 e. The fourth-order valence-corrected chi connectivity index (χ4v) is 1.54. The molecule has 1 aromatic rings. The molecule has 0 aliphatic rings. The number of nitrogens with one attached hydrogen (secondary N) is 1. The molecule has 0 radical (unpaired) electrons. The lowest BCUT2D eigenvalue weighted by Gasteiger charge is -2.00. The van der Waals surface area contributed by atoms with Gasteiger partial charge >= 0.3 is 0 Å². The van der Waals surface area contributed by atoms with Crippen LogP contribution in [0.2, 0.25) is 0 Å². The fourth-order valence-electron chi connectivity index (χ4n) is 1.13. The lowest BCUT2D eigenvalue weighted by Crippen LogP contribution is -2.22. The van der Waals surface area contributed by atoms with Gasteiger partial charge in [-0.05, 0) is 24.1 Å². The van der Waals surface area contributed by atoms with E-state index in [1.807, 2.05) is 24.3 Å². The summed E-state index contributed by atoms with van der Waals surface area (Å²) in [4.78, 5) is 11.3. The SMILES string of the molecule is O=C(/C=C/c1ccccc1Br)NCCCO. The minimum Gasteiger partial charge on any atom is -0.396 e. The van der Waals surface area contributed by atoms with E-state index in [1.165, 1.54) is 6.08 Å². The van der Waals surface area contributed by atoms with E-state index in [1.54, 1.807) is 6.08 Å². The summed E-state index contributed by atoms with van der Waals surface area (Å²) in [7, 11) is 0. The second-order valence-corrected chi connectivity index (χ2v) is 4.08. The van der Waals surface area contributed by atoms with Gasteiger partial charge in [-0.15, -0.1) is 0 Å². The molecule has 0 spiro atoms. The van der Waals surface area contributed by atoms with Gasteiger partial charge in [0.15, 0.2) is 0 Å². The van der Waals surface area contributed by atoms with Crippen LogP contribution in [0.5, 0.6) is 0 Å². The normalized spacial score (nSPS) is 10.6. The minimum absolute atomic E-state index is 0.0915. The third-order valence-corrected chi connectivity index (χ3v) is 2.68. The second kappa shape index (κ2) is 7.19. The molecule has 1 rings (SSSR count). The molecule has 86 valence electrons. The van der Waals surface area contributed by atoms with E-state index in [0.29, 0.717) is 13.0 Å². The number of carbonyl (C=O) groups excluding carboxylic acids is 1. The lowest BCUT2D eigenvalue weighted by atomic mass is 10.2. The molecule has 0 heterocycles. The van der Waals surface area contributed by atoms with Crippen molar-refractivity contribution in [3.8, 4) is 0 Å². The molecule has 3 nitrogen and oxygen atoms in total. The number of hydrogen-bond donors (Lipinski definition) is 2. The Morgan fingerprint density at radius 2 is 2.19 bits per heavy atom. The molecule has 0 aliphatic heterocycles. The van der Waals surface area contributed by atoms with E-state index in [4.69, 9.17) is 5.11 Å². The first-order valence-electron chi connectivity index (χ1n) is 5.05. The second-order valence-electron chi connectivity index (χ2n) is 3.22. The summed E-state index contributed by atoms with van der Waals surface area (Å²) >= 11 is 3.39. The van der Waals surface area contributed by atoms with Gasteiger partial charge in [-0.1, -0.05) is 34.1 Å². The number of hydrogen-bond acceptors (Lipinski definition) is 2.